The van der Waals surface area contributed by atoms with Gasteiger partial charge in [0.1, 0.15) is 17.4 Å². The molecule has 8 nitrogen and oxygen atoms in total. The van der Waals surface area contributed by atoms with Crippen LogP contribution in [0.1, 0.15) is 36.6 Å². The fourth-order valence-corrected chi connectivity index (χ4v) is 5.73. The van der Waals surface area contributed by atoms with Gasteiger partial charge in [0.25, 0.3) is 5.56 Å². The van der Waals surface area contributed by atoms with Crippen molar-refractivity contribution in [2.45, 2.75) is 45.1 Å². The first kappa shape index (κ1) is 24.0. The molecular formula is C24H26FN3O5S. The zero-order chi connectivity index (χ0) is 24.5. The van der Waals surface area contributed by atoms with E-state index in [2.05, 4.69) is 10.3 Å². The van der Waals surface area contributed by atoms with E-state index in [0.29, 0.717) is 29.9 Å². The molecule has 3 heterocycles. The molecule has 2 aromatic heterocycles. The van der Waals surface area contributed by atoms with Crippen LogP contribution in [0.4, 0.5) is 4.39 Å². The van der Waals surface area contributed by atoms with Gasteiger partial charge in [0.2, 0.25) is 17.1 Å². The minimum atomic E-state index is -0.778. The van der Waals surface area contributed by atoms with E-state index in [-0.39, 0.29) is 42.1 Å². The van der Waals surface area contributed by atoms with Crippen molar-refractivity contribution in [2.24, 2.45) is 0 Å². The first-order valence-corrected chi connectivity index (χ1v) is 12.2. The molecular weight excluding hydrogens is 461 g/mol. The lowest BCUT2D eigenvalue weighted by atomic mass is 9.75. The summed E-state index contributed by atoms with van der Waals surface area (Å²) in [6, 6.07) is 5.11. The van der Waals surface area contributed by atoms with Gasteiger partial charge < -0.3 is 14.8 Å². The number of carbonyl (C=O) groups is 1. The van der Waals surface area contributed by atoms with E-state index in [1.165, 1.54) is 22.8 Å². The normalized spacial score (nSPS) is 15.4. The Morgan fingerprint density at radius 3 is 2.74 bits per heavy atom. The number of aryl methyl sites for hydroxylation is 2. The van der Waals surface area contributed by atoms with Gasteiger partial charge in [0.05, 0.1) is 10.9 Å². The van der Waals surface area contributed by atoms with Crippen molar-refractivity contribution in [2.75, 3.05) is 18.1 Å². The number of nitrogens with one attached hydrogen (secondary N) is 1. The van der Waals surface area contributed by atoms with Crippen LogP contribution in [0.3, 0.4) is 0 Å². The van der Waals surface area contributed by atoms with Crippen molar-refractivity contribution < 1.29 is 18.7 Å². The SMILES string of the molecule is Cc1cc(=O)c(O)c(C2(CC(=O)NCCn3c(C)nc4ccc(F)cc4c3=O)CCSCC2)o1. The predicted molar refractivity (Wildman–Crippen MR) is 128 cm³/mol. The third-order valence-electron chi connectivity index (χ3n) is 6.24. The van der Waals surface area contributed by atoms with E-state index < -0.39 is 22.4 Å². The molecule has 1 amide bonds. The molecule has 1 aliphatic heterocycles. The Morgan fingerprint density at radius 1 is 1.26 bits per heavy atom. The summed E-state index contributed by atoms with van der Waals surface area (Å²) in [5, 5.41) is 13.4. The van der Waals surface area contributed by atoms with Crippen molar-refractivity contribution in [3.63, 3.8) is 0 Å². The Hall–Kier alpha value is -3.14. The number of halogens is 1. The maximum absolute atomic E-state index is 13.6. The van der Waals surface area contributed by atoms with Gasteiger partial charge in [-0.2, -0.15) is 11.8 Å². The van der Waals surface area contributed by atoms with Gasteiger partial charge in [0.15, 0.2) is 5.76 Å². The summed E-state index contributed by atoms with van der Waals surface area (Å²) in [5.74, 6) is 1.33. The summed E-state index contributed by atoms with van der Waals surface area (Å²) in [6.45, 7) is 3.66. The zero-order valence-electron chi connectivity index (χ0n) is 19.0. The second kappa shape index (κ2) is 9.61. The Labute approximate surface area is 199 Å². The maximum Gasteiger partial charge on any atom is 0.261 e. The summed E-state index contributed by atoms with van der Waals surface area (Å²) >= 11 is 1.75. The van der Waals surface area contributed by atoms with Crippen LogP contribution in [0.15, 0.2) is 38.3 Å². The lowest BCUT2D eigenvalue weighted by Gasteiger charge is -2.35. The van der Waals surface area contributed by atoms with Gasteiger partial charge in [-0.15, -0.1) is 0 Å². The van der Waals surface area contributed by atoms with Crippen LogP contribution in [0.2, 0.25) is 0 Å². The van der Waals surface area contributed by atoms with Gasteiger partial charge >= 0.3 is 0 Å². The average Bonchev–Trinajstić information content (AvgIpc) is 2.79. The van der Waals surface area contributed by atoms with Crippen LogP contribution >= 0.6 is 11.8 Å². The Kier molecular flexibility index (Phi) is 6.79. The van der Waals surface area contributed by atoms with E-state index >= 15 is 0 Å². The summed E-state index contributed by atoms with van der Waals surface area (Å²) < 4.78 is 20.8. The number of aromatic nitrogens is 2. The highest BCUT2D eigenvalue weighted by Gasteiger charge is 2.41. The third-order valence-corrected chi connectivity index (χ3v) is 7.23. The maximum atomic E-state index is 13.6. The highest BCUT2D eigenvalue weighted by atomic mass is 32.2. The van der Waals surface area contributed by atoms with Crippen LogP contribution in [0.5, 0.6) is 5.75 Å². The first-order chi connectivity index (χ1) is 16.2. The molecule has 0 spiro atoms. The van der Waals surface area contributed by atoms with Gasteiger partial charge in [-0.3, -0.25) is 19.0 Å². The molecule has 0 atom stereocenters. The fourth-order valence-electron chi connectivity index (χ4n) is 4.45. The molecule has 0 radical (unpaired) electrons. The number of fused-ring (bicyclic) bond motifs is 1. The third kappa shape index (κ3) is 4.72. The number of benzene rings is 1. The van der Waals surface area contributed by atoms with Crippen LogP contribution in [0, 0.1) is 19.7 Å². The van der Waals surface area contributed by atoms with Crippen LogP contribution < -0.4 is 16.3 Å². The van der Waals surface area contributed by atoms with Crippen LogP contribution in [-0.2, 0) is 16.8 Å². The van der Waals surface area contributed by atoms with E-state index in [1.807, 2.05) is 0 Å². The number of nitrogens with zero attached hydrogens (tertiary/aromatic N) is 2. The Morgan fingerprint density at radius 2 is 2.00 bits per heavy atom. The quantitative estimate of drug-likeness (QED) is 0.550. The lowest BCUT2D eigenvalue weighted by Crippen LogP contribution is -2.40. The molecule has 34 heavy (non-hydrogen) atoms. The largest absolute Gasteiger partial charge is 0.502 e. The number of amides is 1. The second-order valence-electron chi connectivity index (χ2n) is 8.60. The minimum absolute atomic E-state index is 0.0442. The van der Waals surface area contributed by atoms with Crippen molar-refractivity contribution in [3.8, 4) is 5.75 Å². The molecule has 0 unspecified atom stereocenters. The molecule has 3 aromatic rings. The van der Waals surface area contributed by atoms with Crippen molar-refractivity contribution in [3.05, 3.63) is 68.0 Å². The number of thioether (sulfide) groups is 1. The predicted octanol–water partition coefficient (Wildman–Crippen LogP) is 2.78. The molecule has 1 fully saturated rings. The van der Waals surface area contributed by atoms with Gasteiger partial charge in [-0.1, -0.05) is 0 Å². The number of aromatic hydroxyl groups is 1. The molecule has 1 aliphatic rings. The number of hydrogen-bond acceptors (Lipinski definition) is 7. The van der Waals surface area contributed by atoms with E-state index in [0.717, 1.165) is 17.6 Å². The molecule has 1 saturated heterocycles. The smallest absolute Gasteiger partial charge is 0.261 e. The first-order valence-electron chi connectivity index (χ1n) is 11.1. The van der Waals surface area contributed by atoms with Gasteiger partial charge in [-0.25, -0.2) is 9.37 Å². The zero-order valence-corrected chi connectivity index (χ0v) is 19.8. The molecule has 0 aliphatic carbocycles. The lowest BCUT2D eigenvalue weighted by molar-refractivity contribution is -0.122. The number of carbonyl (C=O) groups excluding carboxylic acids is 1. The average molecular weight is 488 g/mol. The Bertz CT molecular complexity index is 1360. The fraction of sp³-hybridized carbons (Fsp3) is 0.417. The van der Waals surface area contributed by atoms with Crippen LogP contribution in [0.25, 0.3) is 10.9 Å². The van der Waals surface area contributed by atoms with Crippen LogP contribution in [-0.4, -0.2) is 38.6 Å². The molecule has 4 rings (SSSR count). The minimum Gasteiger partial charge on any atom is -0.502 e. The molecule has 0 saturated carbocycles. The van der Waals surface area contributed by atoms with Gasteiger partial charge in [0, 0.05) is 31.0 Å². The standard InChI is InChI=1S/C24H26FN3O5S/c1-14-11-19(29)21(31)22(33-14)24(5-9-34-10-6-24)13-20(30)26-7-8-28-15(2)27-18-4-3-16(25)12-17(18)23(28)32/h3-4,11-12,31H,5-10,13H2,1-2H3,(H,26,30). The van der Waals surface area contributed by atoms with Crippen molar-refractivity contribution in [1.29, 1.82) is 0 Å². The topological polar surface area (TPSA) is 114 Å². The van der Waals surface area contributed by atoms with E-state index in [9.17, 15) is 23.9 Å². The molecule has 1 aromatic carbocycles. The number of rotatable bonds is 6. The molecule has 180 valence electrons. The monoisotopic (exact) mass is 487 g/mol. The van der Waals surface area contributed by atoms with Crippen molar-refractivity contribution in [1.82, 2.24) is 14.9 Å². The summed E-state index contributed by atoms with van der Waals surface area (Å²) in [4.78, 5) is 42.2. The van der Waals surface area contributed by atoms with Crippen molar-refractivity contribution >= 4 is 28.6 Å². The van der Waals surface area contributed by atoms with Gasteiger partial charge in [-0.05, 0) is 56.4 Å². The van der Waals surface area contributed by atoms with E-state index in [1.54, 1.807) is 25.6 Å². The summed E-state index contributed by atoms with van der Waals surface area (Å²) in [7, 11) is 0. The van der Waals surface area contributed by atoms with E-state index in [4.69, 9.17) is 4.42 Å². The Balaban J connectivity index is 1.51. The highest BCUT2D eigenvalue weighted by molar-refractivity contribution is 7.99. The highest BCUT2D eigenvalue weighted by Crippen LogP contribution is 2.43. The second-order valence-corrected chi connectivity index (χ2v) is 9.82. The summed E-state index contributed by atoms with van der Waals surface area (Å²) in [6.07, 6.45) is 1.22. The number of hydrogen-bond donors (Lipinski definition) is 2. The molecule has 2 N–H and O–H groups in total. The molecule has 0 bridgehead atoms. The molecule has 10 heteroatoms. The summed E-state index contributed by atoms with van der Waals surface area (Å²) in [5.41, 5.74) is -1.25.